The number of carbonyl (C=O) groups is 3. The summed E-state index contributed by atoms with van der Waals surface area (Å²) < 4.78 is 1.39. The van der Waals surface area contributed by atoms with Gasteiger partial charge in [0.15, 0.2) is 5.78 Å². The third kappa shape index (κ3) is 5.04. The number of nitrogens with two attached hydrogens (primary N) is 1. The number of amides is 1. The summed E-state index contributed by atoms with van der Waals surface area (Å²) >= 11 is 12.4. The maximum Gasteiger partial charge on any atom is 0.293 e. The number of benzene rings is 2. The van der Waals surface area contributed by atoms with Gasteiger partial charge in [0.05, 0.1) is 17.3 Å². The summed E-state index contributed by atoms with van der Waals surface area (Å²) in [5, 5.41) is 4.97. The quantitative estimate of drug-likeness (QED) is 0.503. The van der Waals surface area contributed by atoms with Crippen molar-refractivity contribution in [1.29, 1.82) is 0 Å². The number of Topliss-reactive ketones (excluding diaryl/α,β-unsaturated/α-hetero) is 1. The van der Waals surface area contributed by atoms with Crippen molar-refractivity contribution in [2.24, 2.45) is 5.73 Å². The lowest BCUT2D eigenvalue weighted by atomic mass is 10.0. The first-order chi connectivity index (χ1) is 15.2. The minimum atomic E-state index is -0.414. The SMILES string of the molecule is CN(C)C(=O)c1nc(CCC(=O)CN)n(-c2ccc(Cl)cc2C(=O)c2ccccc2Cl)n1. The van der Waals surface area contributed by atoms with Crippen molar-refractivity contribution in [2.75, 3.05) is 20.6 Å². The molecule has 2 aromatic carbocycles. The van der Waals surface area contributed by atoms with Crippen LogP contribution in [0.5, 0.6) is 0 Å². The molecule has 1 aromatic heterocycles. The van der Waals surface area contributed by atoms with E-state index < -0.39 is 5.91 Å². The molecule has 0 aliphatic rings. The molecule has 0 radical (unpaired) electrons. The average molecular weight is 474 g/mol. The molecule has 8 nitrogen and oxygen atoms in total. The molecule has 10 heteroatoms. The van der Waals surface area contributed by atoms with E-state index >= 15 is 0 Å². The van der Waals surface area contributed by atoms with Crippen LogP contribution in [0.15, 0.2) is 42.5 Å². The first kappa shape index (κ1) is 23.6. The van der Waals surface area contributed by atoms with E-state index in [1.165, 1.54) is 15.6 Å². The van der Waals surface area contributed by atoms with Gasteiger partial charge in [0, 0.05) is 43.1 Å². The van der Waals surface area contributed by atoms with E-state index in [2.05, 4.69) is 10.1 Å². The highest BCUT2D eigenvalue weighted by Gasteiger charge is 2.24. The topological polar surface area (TPSA) is 111 Å². The molecule has 0 fully saturated rings. The number of aromatic nitrogens is 3. The summed E-state index contributed by atoms with van der Waals surface area (Å²) in [7, 11) is 3.16. The predicted molar refractivity (Wildman–Crippen MR) is 122 cm³/mol. The highest BCUT2D eigenvalue weighted by molar-refractivity contribution is 6.35. The van der Waals surface area contributed by atoms with Crippen LogP contribution >= 0.6 is 23.2 Å². The number of carbonyl (C=O) groups excluding carboxylic acids is 3. The average Bonchev–Trinajstić information content (AvgIpc) is 3.20. The number of nitrogens with zero attached hydrogens (tertiary/aromatic N) is 4. The van der Waals surface area contributed by atoms with E-state index in [9.17, 15) is 14.4 Å². The Labute approximate surface area is 194 Å². The van der Waals surface area contributed by atoms with Crippen LogP contribution in [0.2, 0.25) is 10.0 Å². The predicted octanol–water partition coefficient (Wildman–Crippen LogP) is 2.97. The molecule has 0 spiro atoms. The van der Waals surface area contributed by atoms with Gasteiger partial charge >= 0.3 is 0 Å². The summed E-state index contributed by atoms with van der Waals surface area (Å²) in [5.74, 6) is -0.663. The Kier molecular flexibility index (Phi) is 7.40. The summed E-state index contributed by atoms with van der Waals surface area (Å²) in [6.07, 6.45) is 0.304. The lowest BCUT2D eigenvalue weighted by Crippen LogP contribution is -2.23. The van der Waals surface area contributed by atoms with Crippen LogP contribution in [-0.4, -0.2) is 57.8 Å². The molecule has 0 aliphatic carbocycles. The van der Waals surface area contributed by atoms with Gasteiger partial charge in [0.2, 0.25) is 5.82 Å². The van der Waals surface area contributed by atoms with Crippen molar-refractivity contribution in [3.63, 3.8) is 0 Å². The van der Waals surface area contributed by atoms with Crippen LogP contribution in [0.1, 0.15) is 38.8 Å². The van der Waals surface area contributed by atoms with Crippen molar-refractivity contribution in [1.82, 2.24) is 19.7 Å². The van der Waals surface area contributed by atoms with E-state index in [-0.39, 0.29) is 42.3 Å². The molecular weight excluding hydrogens is 453 g/mol. The molecule has 0 bridgehead atoms. The van der Waals surface area contributed by atoms with Crippen molar-refractivity contribution in [2.45, 2.75) is 12.8 Å². The molecule has 0 atom stereocenters. The number of halogens is 2. The standard InChI is InChI=1S/C22H21Cl2N5O3/c1-28(2)22(32)21-26-19(10-8-14(30)12-25)29(27-21)18-9-7-13(23)11-16(18)20(31)15-5-3-4-6-17(15)24/h3-7,9,11H,8,10,12,25H2,1-2H3. The maximum absolute atomic E-state index is 13.3. The lowest BCUT2D eigenvalue weighted by Gasteiger charge is -2.12. The van der Waals surface area contributed by atoms with Gasteiger partial charge in [-0.25, -0.2) is 9.67 Å². The van der Waals surface area contributed by atoms with Gasteiger partial charge in [-0.15, -0.1) is 5.10 Å². The van der Waals surface area contributed by atoms with Gasteiger partial charge in [0.25, 0.3) is 5.91 Å². The van der Waals surface area contributed by atoms with Crippen LogP contribution < -0.4 is 5.73 Å². The van der Waals surface area contributed by atoms with Gasteiger partial charge in [-0.3, -0.25) is 14.4 Å². The first-order valence-electron chi connectivity index (χ1n) is 9.71. The summed E-state index contributed by atoms with van der Waals surface area (Å²) in [5.41, 5.74) is 6.29. The molecule has 166 valence electrons. The molecule has 0 saturated carbocycles. The molecule has 32 heavy (non-hydrogen) atoms. The summed E-state index contributed by atoms with van der Waals surface area (Å²) in [6, 6.07) is 11.4. The highest BCUT2D eigenvalue weighted by Crippen LogP contribution is 2.26. The Morgan fingerprint density at radius 3 is 2.44 bits per heavy atom. The fourth-order valence-corrected chi connectivity index (χ4v) is 3.40. The minimum Gasteiger partial charge on any atom is -0.342 e. The lowest BCUT2D eigenvalue weighted by molar-refractivity contribution is -0.117. The molecule has 1 amide bonds. The first-order valence-corrected chi connectivity index (χ1v) is 10.5. The van der Waals surface area contributed by atoms with Crippen LogP contribution in [0.4, 0.5) is 0 Å². The van der Waals surface area contributed by atoms with Crippen LogP contribution in [0, 0.1) is 0 Å². The molecule has 2 N–H and O–H groups in total. The van der Waals surface area contributed by atoms with Crippen molar-refractivity contribution >= 4 is 40.7 Å². The Morgan fingerprint density at radius 1 is 1.06 bits per heavy atom. The summed E-state index contributed by atoms with van der Waals surface area (Å²) in [6.45, 7) is -0.102. The van der Waals surface area contributed by atoms with Gasteiger partial charge < -0.3 is 10.6 Å². The normalized spacial score (nSPS) is 10.8. The molecule has 1 heterocycles. The number of hydrogen-bond acceptors (Lipinski definition) is 6. The van der Waals surface area contributed by atoms with E-state index in [1.54, 1.807) is 50.5 Å². The van der Waals surface area contributed by atoms with Crippen LogP contribution in [0.25, 0.3) is 5.69 Å². The van der Waals surface area contributed by atoms with Gasteiger partial charge in [-0.2, -0.15) is 0 Å². The molecule has 0 unspecified atom stereocenters. The molecule has 3 rings (SSSR count). The highest BCUT2D eigenvalue weighted by atomic mass is 35.5. The molecule has 0 saturated heterocycles. The molecule has 0 aliphatic heterocycles. The number of rotatable bonds is 8. The van der Waals surface area contributed by atoms with Crippen molar-refractivity contribution < 1.29 is 14.4 Å². The Hall–Kier alpha value is -3.07. The van der Waals surface area contributed by atoms with Crippen LogP contribution in [0.3, 0.4) is 0 Å². The molecule has 3 aromatic rings. The minimum absolute atomic E-state index is 0.0590. The van der Waals surface area contributed by atoms with Crippen molar-refractivity contribution in [3.05, 3.63) is 75.3 Å². The van der Waals surface area contributed by atoms with Crippen LogP contribution in [-0.2, 0) is 11.2 Å². The Bertz CT molecular complexity index is 1190. The van der Waals surface area contributed by atoms with Gasteiger partial charge in [-0.05, 0) is 30.3 Å². The van der Waals surface area contributed by atoms with Crippen molar-refractivity contribution in [3.8, 4) is 5.69 Å². The van der Waals surface area contributed by atoms with E-state index in [0.29, 0.717) is 27.1 Å². The monoisotopic (exact) mass is 473 g/mol. The number of hydrogen-bond donors (Lipinski definition) is 1. The second-order valence-corrected chi connectivity index (χ2v) is 8.02. The van der Waals surface area contributed by atoms with E-state index in [0.717, 1.165) is 0 Å². The zero-order valence-electron chi connectivity index (χ0n) is 17.5. The second-order valence-electron chi connectivity index (χ2n) is 7.18. The number of aryl methyl sites for hydroxylation is 1. The third-order valence-corrected chi connectivity index (χ3v) is 5.24. The zero-order chi connectivity index (χ0) is 23.4. The Morgan fingerprint density at radius 2 is 1.78 bits per heavy atom. The van der Waals surface area contributed by atoms with Gasteiger partial charge in [-0.1, -0.05) is 35.3 Å². The maximum atomic E-state index is 13.3. The van der Waals surface area contributed by atoms with Gasteiger partial charge in [0.1, 0.15) is 11.6 Å². The fraction of sp³-hybridized carbons (Fsp3) is 0.227. The smallest absolute Gasteiger partial charge is 0.293 e. The summed E-state index contributed by atoms with van der Waals surface area (Å²) in [4.78, 5) is 43.2. The molecular formula is C22H21Cl2N5O3. The fourth-order valence-electron chi connectivity index (χ4n) is 3.01. The van der Waals surface area contributed by atoms with E-state index in [4.69, 9.17) is 28.9 Å². The Balaban J connectivity index is 2.16. The number of ketones is 2. The largest absolute Gasteiger partial charge is 0.342 e. The third-order valence-electron chi connectivity index (χ3n) is 4.68. The second kappa shape index (κ2) is 10.0. The zero-order valence-corrected chi connectivity index (χ0v) is 19.0. The van der Waals surface area contributed by atoms with E-state index in [1.807, 2.05) is 0 Å².